The summed E-state index contributed by atoms with van der Waals surface area (Å²) in [7, 11) is 0. The van der Waals surface area contributed by atoms with Crippen molar-refractivity contribution < 1.29 is 4.39 Å². The number of pyridine rings is 1. The molecule has 2 aromatic rings. The Kier molecular flexibility index (Phi) is 3.87. The molecule has 2 heterocycles. The van der Waals surface area contributed by atoms with Crippen LogP contribution in [0.4, 0.5) is 10.3 Å². The van der Waals surface area contributed by atoms with E-state index in [0.717, 1.165) is 26.1 Å². The first-order valence-electron chi connectivity index (χ1n) is 5.76. The molecule has 2 aromatic heterocycles. The van der Waals surface area contributed by atoms with Crippen molar-refractivity contribution >= 4 is 11.6 Å². The molecule has 2 N–H and O–H groups in total. The van der Waals surface area contributed by atoms with E-state index < -0.39 is 0 Å². The van der Waals surface area contributed by atoms with Crippen LogP contribution in [0.1, 0.15) is 13.3 Å². The second kappa shape index (κ2) is 5.58. The number of rotatable bonds is 6. The maximum Gasteiger partial charge on any atom is 0.243 e. The van der Waals surface area contributed by atoms with E-state index in [4.69, 9.17) is 0 Å². The van der Waals surface area contributed by atoms with Gasteiger partial charge in [0, 0.05) is 6.54 Å². The SMILES string of the molecule is CCNCCCNc1nc2ccc(F)cn2n1. The number of hydrogen-bond acceptors (Lipinski definition) is 4. The van der Waals surface area contributed by atoms with Crippen LogP contribution < -0.4 is 10.6 Å². The summed E-state index contributed by atoms with van der Waals surface area (Å²) < 4.78 is 14.4. The Balaban J connectivity index is 1.91. The van der Waals surface area contributed by atoms with E-state index >= 15 is 0 Å². The lowest BCUT2D eigenvalue weighted by molar-refractivity contribution is 0.614. The van der Waals surface area contributed by atoms with E-state index in [-0.39, 0.29) is 5.82 Å². The van der Waals surface area contributed by atoms with Gasteiger partial charge in [0.1, 0.15) is 5.82 Å². The Hall–Kier alpha value is -1.69. The van der Waals surface area contributed by atoms with Crippen LogP contribution in [0.5, 0.6) is 0 Å². The minimum atomic E-state index is -0.318. The fraction of sp³-hybridized carbons (Fsp3) is 0.455. The molecule has 0 aromatic carbocycles. The smallest absolute Gasteiger partial charge is 0.243 e. The zero-order valence-electron chi connectivity index (χ0n) is 9.78. The molecule has 0 radical (unpaired) electrons. The largest absolute Gasteiger partial charge is 0.353 e. The van der Waals surface area contributed by atoms with Crippen molar-refractivity contribution in [1.82, 2.24) is 19.9 Å². The lowest BCUT2D eigenvalue weighted by Gasteiger charge is -2.01. The molecule has 17 heavy (non-hydrogen) atoms. The standard InChI is InChI=1S/C11H16FN5/c1-2-13-6-3-7-14-11-15-10-5-4-9(12)8-17(10)16-11/h4-5,8,13H,2-3,6-7H2,1H3,(H,14,16). The summed E-state index contributed by atoms with van der Waals surface area (Å²) in [5.74, 6) is 0.216. The summed E-state index contributed by atoms with van der Waals surface area (Å²) in [5, 5.41) is 10.5. The van der Waals surface area contributed by atoms with Gasteiger partial charge in [-0.25, -0.2) is 8.91 Å². The molecule has 0 spiro atoms. The lowest BCUT2D eigenvalue weighted by atomic mass is 10.4. The lowest BCUT2D eigenvalue weighted by Crippen LogP contribution is -2.17. The number of fused-ring (bicyclic) bond motifs is 1. The van der Waals surface area contributed by atoms with Gasteiger partial charge in [0.2, 0.25) is 5.95 Å². The van der Waals surface area contributed by atoms with Crippen LogP contribution >= 0.6 is 0 Å². The average Bonchev–Trinajstić information content (AvgIpc) is 2.70. The van der Waals surface area contributed by atoms with E-state index in [1.54, 1.807) is 6.07 Å². The van der Waals surface area contributed by atoms with Crippen LogP contribution in [0.15, 0.2) is 18.3 Å². The third-order valence-corrected chi connectivity index (χ3v) is 2.36. The monoisotopic (exact) mass is 237 g/mol. The summed E-state index contributed by atoms with van der Waals surface area (Å²) in [4.78, 5) is 4.23. The number of nitrogens with zero attached hydrogens (tertiary/aromatic N) is 3. The van der Waals surface area contributed by atoms with E-state index in [0.29, 0.717) is 11.6 Å². The van der Waals surface area contributed by atoms with Gasteiger partial charge in [-0.05, 0) is 31.6 Å². The Bertz CT molecular complexity index is 482. The molecule has 0 saturated carbocycles. The van der Waals surface area contributed by atoms with Gasteiger partial charge >= 0.3 is 0 Å². The molecule has 5 nitrogen and oxygen atoms in total. The number of aromatic nitrogens is 3. The van der Waals surface area contributed by atoms with Gasteiger partial charge in [-0.3, -0.25) is 0 Å². The summed E-state index contributed by atoms with van der Waals surface area (Å²) in [6.45, 7) is 4.81. The highest BCUT2D eigenvalue weighted by Crippen LogP contribution is 2.06. The van der Waals surface area contributed by atoms with Crippen LogP contribution in [-0.4, -0.2) is 34.2 Å². The fourth-order valence-electron chi connectivity index (χ4n) is 1.52. The number of nitrogens with one attached hydrogen (secondary N) is 2. The Labute approximate surface area is 99.0 Å². The molecule has 0 amide bonds. The molecule has 0 aliphatic heterocycles. The van der Waals surface area contributed by atoms with Crippen LogP contribution in [0.25, 0.3) is 5.65 Å². The van der Waals surface area contributed by atoms with Crippen LogP contribution in [0.2, 0.25) is 0 Å². The van der Waals surface area contributed by atoms with Crippen molar-refractivity contribution in [3.63, 3.8) is 0 Å². The Morgan fingerprint density at radius 1 is 1.35 bits per heavy atom. The van der Waals surface area contributed by atoms with Gasteiger partial charge in [-0.1, -0.05) is 6.92 Å². The van der Waals surface area contributed by atoms with E-state index in [1.807, 2.05) is 0 Å². The molecule has 0 fully saturated rings. The van der Waals surface area contributed by atoms with E-state index in [1.165, 1.54) is 16.8 Å². The predicted molar refractivity (Wildman–Crippen MR) is 64.6 cm³/mol. The summed E-state index contributed by atoms with van der Waals surface area (Å²) in [5.41, 5.74) is 0.639. The number of hydrogen-bond donors (Lipinski definition) is 2. The average molecular weight is 237 g/mol. The maximum absolute atomic E-state index is 12.9. The Morgan fingerprint density at radius 3 is 3.06 bits per heavy atom. The molecule has 0 aliphatic rings. The van der Waals surface area contributed by atoms with Crippen LogP contribution in [0.3, 0.4) is 0 Å². The minimum Gasteiger partial charge on any atom is -0.353 e. The van der Waals surface area contributed by atoms with E-state index in [2.05, 4.69) is 27.6 Å². The minimum absolute atomic E-state index is 0.318. The van der Waals surface area contributed by atoms with Gasteiger partial charge in [0.15, 0.2) is 5.65 Å². The summed E-state index contributed by atoms with van der Waals surface area (Å²) in [6.07, 6.45) is 2.31. The topological polar surface area (TPSA) is 54.2 Å². The van der Waals surface area contributed by atoms with Crippen molar-refractivity contribution in [2.45, 2.75) is 13.3 Å². The maximum atomic E-state index is 12.9. The van der Waals surface area contributed by atoms with Crippen molar-refractivity contribution in [3.05, 3.63) is 24.1 Å². The van der Waals surface area contributed by atoms with Crippen molar-refractivity contribution in [3.8, 4) is 0 Å². The molecule has 0 aliphatic carbocycles. The predicted octanol–water partition coefficient (Wildman–Crippen LogP) is 1.28. The molecular weight excluding hydrogens is 221 g/mol. The number of anilines is 1. The zero-order valence-corrected chi connectivity index (χ0v) is 9.78. The quantitative estimate of drug-likeness (QED) is 0.743. The molecular formula is C11H16FN5. The molecule has 2 rings (SSSR count). The summed E-state index contributed by atoms with van der Waals surface area (Å²) >= 11 is 0. The molecule has 6 heteroatoms. The first-order chi connectivity index (χ1) is 8.29. The normalized spacial score (nSPS) is 10.9. The second-order valence-corrected chi connectivity index (χ2v) is 3.72. The van der Waals surface area contributed by atoms with E-state index in [9.17, 15) is 4.39 Å². The number of halogens is 1. The van der Waals surface area contributed by atoms with Crippen LogP contribution in [-0.2, 0) is 0 Å². The zero-order chi connectivity index (χ0) is 12.1. The third kappa shape index (κ3) is 3.13. The second-order valence-electron chi connectivity index (χ2n) is 3.72. The first-order valence-corrected chi connectivity index (χ1v) is 5.76. The molecule has 0 bridgehead atoms. The fourth-order valence-corrected chi connectivity index (χ4v) is 1.52. The first kappa shape index (κ1) is 11.8. The molecule has 0 saturated heterocycles. The van der Waals surface area contributed by atoms with Crippen molar-refractivity contribution in [2.75, 3.05) is 25.0 Å². The molecule has 0 atom stereocenters. The highest BCUT2D eigenvalue weighted by Gasteiger charge is 2.02. The van der Waals surface area contributed by atoms with Gasteiger partial charge in [-0.15, -0.1) is 5.10 Å². The van der Waals surface area contributed by atoms with Crippen molar-refractivity contribution in [1.29, 1.82) is 0 Å². The van der Waals surface area contributed by atoms with Gasteiger partial charge in [-0.2, -0.15) is 4.98 Å². The Morgan fingerprint density at radius 2 is 2.24 bits per heavy atom. The highest BCUT2D eigenvalue weighted by atomic mass is 19.1. The third-order valence-electron chi connectivity index (χ3n) is 2.36. The van der Waals surface area contributed by atoms with Gasteiger partial charge in [0.25, 0.3) is 0 Å². The summed E-state index contributed by atoms with van der Waals surface area (Å²) in [6, 6.07) is 2.98. The highest BCUT2D eigenvalue weighted by molar-refractivity contribution is 5.42. The van der Waals surface area contributed by atoms with Gasteiger partial charge in [0.05, 0.1) is 6.20 Å². The van der Waals surface area contributed by atoms with Crippen LogP contribution in [0, 0.1) is 5.82 Å². The molecule has 92 valence electrons. The van der Waals surface area contributed by atoms with Gasteiger partial charge < -0.3 is 10.6 Å². The van der Waals surface area contributed by atoms with Crippen molar-refractivity contribution in [2.24, 2.45) is 0 Å². The molecule has 0 unspecified atom stereocenters.